The van der Waals surface area contributed by atoms with E-state index < -0.39 is 0 Å². The maximum absolute atomic E-state index is 12.6. The highest BCUT2D eigenvalue weighted by molar-refractivity contribution is 5.80. The van der Waals surface area contributed by atoms with Gasteiger partial charge in [0.25, 0.3) is 0 Å². The molecule has 1 aliphatic rings. The second-order valence-corrected chi connectivity index (χ2v) is 6.73. The highest BCUT2D eigenvalue weighted by atomic mass is 16.2. The van der Waals surface area contributed by atoms with E-state index in [1.807, 2.05) is 32.4 Å². The summed E-state index contributed by atoms with van der Waals surface area (Å²) in [5, 5.41) is 0. The van der Waals surface area contributed by atoms with Gasteiger partial charge in [0.1, 0.15) is 0 Å². The van der Waals surface area contributed by atoms with Crippen LogP contribution in [-0.4, -0.2) is 54.4 Å². The monoisotopic (exact) mass is 323 g/mol. The van der Waals surface area contributed by atoms with Gasteiger partial charge >= 0.3 is 0 Å². The first-order chi connectivity index (χ1) is 11.6. The number of carbonyl (C=O) groups is 1. The molecule has 0 saturated carbocycles. The molecule has 1 fully saturated rings. The van der Waals surface area contributed by atoms with Gasteiger partial charge in [0, 0.05) is 52.0 Å². The summed E-state index contributed by atoms with van der Waals surface area (Å²) in [7, 11) is 3.69. The van der Waals surface area contributed by atoms with Gasteiger partial charge in [-0.2, -0.15) is 0 Å². The molecule has 4 heteroatoms. The Bertz CT molecular complexity index is 657. The molecule has 0 spiro atoms. The lowest BCUT2D eigenvalue weighted by molar-refractivity contribution is -0.132. The van der Waals surface area contributed by atoms with Gasteiger partial charge in [-0.05, 0) is 23.6 Å². The second kappa shape index (κ2) is 7.58. The van der Waals surface area contributed by atoms with Crippen LogP contribution < -0.4 is 0 Å². The molecule has 0 aliphatic carbocycles. The zero-order valence-electron chi connectivity index (χ0n) is 14.4. The fraction of sp³-hybridized carbons (Fsp3) is 0.400. The van der Waals surface area contributed by atoms with E-state index in [4.69, 9.17) is 0 Å². The Balaban J connectivity index is 1.71. The van der Waals surface area contributed by atoms with Gasteiger partial charge in [-0.1, -0.05) is 36.4 Å². The summed E-state index contributed by atoms with van der Waals surface area (Å²) in [6.45, 7) is 2.73. The summed E-state index contributed by atoms with van der Waals surface area (Å²) in [5.41, 5.74) is 2.51. The third-order valence-corrected chi connectivity index (χ3v) is 4.83. The first-order valence-electron chi connectivity index (χ1n) is 8.52. The van der Waals surface area contributed by atoms with E-state index in [-0.39, 0.29) is 17.7 Å². The molecule has 24 heavy (non-hydrogen) atoms. The first kappa shape index (κ1) is 16.7. The highest BCUT2D eigenvalue weighted by Crippen LogP contribution is 2.33. The average Bonchev–Trinajstić information content (AvgIpc) is 3.05. The molecule has 2 atom stereocenters. The maximum atomic E-state index is 12.6. The van der Waals surface area contributed by atoms with Crippen LogP contribution in [0.1, 0.15) is 17.0 Å². The second-order valence-electron chi connectivity index (χ2n) is 6.73. The lowest BCUT2D eigenvalue weighted by Crippen LogP contribution is -2.34. The molecule has 2 heterocycles. The van der Waals surface area contributed by atoms with Gasteiger partial charge in [-0.3, -0.25) is 9.78 Å². The molecule has 1 aromatic heterocycles. The summed E-state index contributed by atoms with van der Waals surface area (Å²) < 4.78 is 0. The molecule has 126 valence electrons. The Labute approximate surface area is 144 Å². The smallest absolute Gasteiger partial charge is 0.227 e. The standard InChI is InChI=1S/C20H25N3O/c1-22(2)20(24)19-15-23(12-10-16-7-4-3-5-8-16)14-18(19)17-9-6-11-21-13-17/h3-9,11,13,18-19H,10,12,14-15H2,1-2H3/t18-,19?/m1/s1. The van der Waals surface area contributed by atoms with Crippen LogP contribution in [-0.2, 0) is 11.2 Å². The molecule has 1 aliphatic heterocycles. The minimum absolute atomic E-state index is 0.0139. The van der Waals surface area contributed by atoms with E-state index in [2.05, 4.69) is 40.2 Å². The van der Waals surface area contributed by atoms with Crippen molar-refractivity contribution in [1.82, 2.24) is 14.8 Å². The van der Waals surface area contributed by atoms with Crippen molar-refractivity contribution in [3.8, 4) is 0 Å². The molecular formula is C20H25N3O. The predicted molar refractivity (Wildman–Crippen MR) is 95.7 cm³/mol. The van der Waals surface area contributed by atoms with Crippen LogP contribution in [0.3, 0.4) is 0 Å². The molecule has 1 unspecified atom stereocenters. The largest absolute Gasteiger partial charge is 0.349 e. The van der Waals surface area contributed by atoms with Crippen molar-refractivity contribution in [2.75, 3.05) is 33.7 Å². The summed E-state index contributed by atoms with van der Waals surface area (Å²) in [6, 6.07) is 14.6. The number of likely N-dealkylation sites (tertiary alicyclic amines) is 1. The fourth-order valence-electron chi connectivity index (χ4n) is 3.51. The summed E-state index contributed by atoms with van der Waals surface area (Å²) in [6.07, 6.45) is 4.71. The third kappa shape index (κ3) is 3.82. The van der Waals surface area contributed by atoms with E-state index in [1.165, 1.54) is 11.1 Å². The summed E-state index contributed by atoms with van der Waals surface area (Å²) in [4.78, 5) is 21.0. The lowest BCUT2D eigenvalue weighted by Gasteiger charge is -2.21. The quantitative estimate of drug-likeness (QED) is 0.848. The van der Waals surface area contributed by atoms with Crippen LogP contribution in [0.5, 0.6) is 0 Å². The fourth-order valence-corrected chi connectivity index (χ4v) is 3.51. The molecule has 0 N–H and O–H groups in total. The molecule has 1 saturated heterocycles. The molecule has 3 rings (SSSR count). The van der Waals surface area contributed by atoms with Gasteiger partial charge in [0.05, 0.1) is 5.92 Å². The number of rotatable bonds is 5. The van der Waals surface area contributed by atoms with Crippen LogP contribution in [0.15, 0.2) is 54.9 Å². The van der Waals surface area contributed by atoms with Crippen LogP contribution in [0.2, 0.25) is 0 Å². The summed E-state index contributed by atoms with van der Waals surface area (Å²) in [5.74, 6) is 0.454. The first-order valence-corrected chi connectivity index (χ1v) is 8.52. The van der Waals surface area contributed by atoms with E-state index in [0.717, 1.165) is 26.1 Å². The van der Waals surface area contributed by atoms with Crippen LogP contribution >= 0.6 is 0 Å². The van der Waals surface area contributed by atoms with Crippen molar-refractivity contribution in [3.63, 3.8) is 0 Å². The van der Waals surface area contributed by atoms with Gasteiger partial charge in [-0.15, -0.1) is 0 Å². The molecular weight excluding hydrogens is 298 g/mol. The number of hydrogen-bond acceptors (Lipinski definition) is 3. The molecule has 1 aromatic carbocycles. The maximum Gasteiger partial charge on any atom is 0.227 e. The molecule has 1 amide bonds. The van der Waals surface area contributed by atoms with E-state index in [9.17, 15) is 4.79 Å². The normalized spacial score (nSPS) is 20.9. The SMILES string of the molecule is CN(C)C(=O)C1CN(CCc2ccccc2)C[C@@H]1c1cccnc1. The Morgan fingerprint density at radius 2 is 1.96 bits per heavy atom. The third-order valence-electron chi connectivity index (χ3n) is 4.83. The Morgan fingerprint density at radius 1 is 1.17 bits per heavy atom. The van der Waals surface area contributed by atoms with Gasteiger partial charge in [0.15, 0.2) is 0 Å². The van der Waals surface area contributed by atoms with Gasteiger partial charge in [0.2, 0.25) is 5.91 Å². The van der Waals surface area contributed by atoms with Crippen molar-refractivity contribution in [3.05, 3.63) is 66.0 Å². The van der Waals surface area contributed by atoms with E-state index >= 15 is 0 Å². The number of nitrogens with zero attached hydrogens (tertiary/aromatic N) is 3. The zero-order chi connectivity index (χ0) is 16.9. The minimum Gasteiger partial charge on any atom is -0.349 e. The van der Waals surface area contributed by atoms with Crippen molar-refractivity contribution in [1.29, 1.82) is 0 Å². The van der Waals surface area contributed by atoms with Crippen molar-refractivity contribution in [2.24, 2.45) is 5.92 Å². The lowest BCUT2D eigenvalue weighted by atomic mass is 9.89. The van der Waals surface area contributed by atoms with E-state index in [1.54, 1.807) is 11.1 Å². The molecule has 4 nitrogen and oxygen atoms in total. The van der Waals surface area contributed by atoms with E-state index in [0.29, 0.717) is 0 Å². The topological polar surface area (TPSA) is 36.4 Å². The minimum atomic E-state index is 0.0139. The molecule has 0 radical (unpaired) electrons. The van der Waals surface area contributed by atoms with Crippen molar-refractivity contribution < 1.29 is 4.79 Å². The zero-order valence-corrected chi connectivity index (χ0v) is 14.4. The number of carbonyl (C=O) groups excluding carboxylic acids is 1. The van der Waals surface area contributed by atoms with Gasteiger partial charge in [-0.25, -0.2) is 0 Å². The van der Waals surface area contributed by atoms with Crippen molar-refractivity contribution in [2.45, 2.75) is 12.3 Å². The molecule has 2 aromatic rings. The van der Waals surface area contributed by atoms with Crippen molar-refractivity contribution >= 4 is 5.91 Å². The number of aromatic nitrogens is 1. The Morgan fingerprint density at radius 3 is 2.62 bits per heavy atom. The Kier molecular flexibility index (Phi) is 5.26. The average molecular weight is 323 g/mol. The number of pyridine rings is 1. The highest BCUT2D eigenvalue weighted by Gasteiger charge is 2.38. The predicted octanol–water partition coefficient (Wildman–Crippen LogP) is 2.43. The number of hydrogen-bond donors (Lipinski definition) is 0. The van der Waals surface area contributed by atoms with Gasteiger partial charge < -0.3 is 9.80 Å². The Hall–Kier alpha value is -2.20. The molecule has 0 bridgehead atoms. The number of amides is 1. The van der Waals surface area contributed by atoms with Crippen LogP contribution in [0.25, 0.3) is 0 Å². The van der Waals surface area contributed by atoms with Crippen LogP contribution in [0.4, 0.5) is 0 Å². The summed E-state index contributed by atoms with van der Waals surface area (Å²) >= 11 is 0. The van der Waals surface area contributed by atoms with Crippen LogP contribution in [0, 0.1) is 5.92 Å². The number of benzene rings is 1.